The Bertz CT molecular complexity index is 1490. The van der Waals surface area contributed by atoms with E-state index in [2.05, 4.69) is 9.97 Å². The number of hydrogen-bond acceptors (Lipinski definition) is 8. The second-order valence-electron chi connectivity index (χ2n) is 10.0. The quantitative estimate of drug-likeness (QED) is 0.320. The van der Waals surface area contributed by atoms with E-state index in [1.54, 1.807) is 50.5 Å². The van der Waals surface area contributed by atoms with Crippen LogP contribution in [0.15, 0.2) is 65.7 Å². The Morgan fingerprint density at radius 3 is 2.41 bits per heavy atom. The highest BCUT2D eigenvalue weighted by Gasteiger charge is 2.65. The van der Waals surface area contributed by atoms with E-state index in [0.717, 1.165) is 5.56 Å². The van der Waals surface area contributed by atoms with E-state index in [-0.39, 0.29) is 17.9 Å². The molecule has 0 aliphatic carbocycles. The number of aromatic nitrogens is 2. The molecule has 0 spiro atoms. The van der Waals surface area contributed by atoms with Crippen molar-refractivity contribution < 1.29 is 24.6 Å². The zero-order chi connectivity index (χ0) is 28.1. The van der Waals surface area contributed by atoms with E-state index in [9.17, 15) is 29.4 Å². The molecule has 5 N–H and O–H groups in total. The maximum Gasteiger partial charge on any atom is 0.327 e. The summed E-state index contributed by atoms with van der Waals surface area (Å²) in [5.74, 6) is -2.23. The highest BCUT2D eigenvalue weighted by molar-refractivity contribution is 8.01. The molecule has 11 nitrogen and oxygen atoms in total. The van der Waals surface area contributed by atoms with E-state index in [1.807, 2.05) is 0 Å². The van der Waals surface area contributed by atoms with Crippen LogP contribution in [-0.2, 0) is 20.9 Å². The van der Waals surface area contributed by atoms with Crippen molar-refractivity contribution in [3.8, 4) is 17.0 Å². The summed E-state index contributed by atoms with van der Waals surface area (Å²) in [6.07, 6.45) is 3.21. The van der Waals surface area contributed by atoms with Gasteiger partial charge in [0.2, 0.25) is 11.8 Å². The number of β-lactam (4-membered cyclic amide) rings is 1. The number of nitrogens with one attached hydrogen (secondary N) is 1. The Hall–Kier alpha value is -4.16. The number of hydrogen-bond donors (Lipinski definition) is 4. The second-order valence-corrected chi connectivity index (χ2v) is 11.8. The van der Waals surface area contributed by atoms with E-state index in [0.29, 0.717) is 11.3 Å². The number of aliphatic carboxylic acids is 1. The van der Waals surface area contributed by atoms with Crippen molar-refractivity contribution in [1.82, 2.24) is 19.8 Å². The lowest BCUT2D eigenvalue weighted by Crippen LogP contribution is -2.71. The molecule has 2 aliphatic rings. The minimum Gasteiger partial charge on any atom is -0.508 e. The lowest BCUT2D eigenvalue weighted by molar-refractivity contribution is -0.169. The largest absolute Gasteiger partial charge is 0.508 e. The van der Waals surface area contributed by atoms with Gasteiger partial charge in [0.25, 0.3) is 5.56 Å². The fraction of sp³-hybridized carbons (Fsp3) is 0.296. The van der Waals surface area contributed by atoms with Gasteiger partial charge in [-0.15, -0.1) is 11.8 Å². The molecule has 2 aliphatic heterocycles. The third-order valence-electron chi connectivity index (χ3n) is 7.11. The van der Waals surface area contributed by atoms with Gasteiger partial charge < -0.3 is 30.7 Å². The molecular weight excluding hydrogens is 522 g/mol. The number of phenols is 1. The summed E-state index contributed by atoms with van der Waals surface area (Å²) in [7, 11) is 0. The summed E-state index contributed by atoms with van der Waals surface area (Å²) < 4.78 is -0.793. The fourth-order valence-electron chi connectivity index (χ4n) is 5.11. The molecule has 2 amide bonds. The Labute approximate surface area is 227 Å². The number of aromatic amines is 1. The van der Waals surface area contributed by atoms with Crippen LogP contribution in [0.25, 0.3) is 11.3 Å². The molecule has 2 aromatic heterocycles. The number of nitrogens with zero attached hydrogens (tertiary/aromatic N) is 3. The number of fused-ring (bicyclic) bond motifs is 1. The van der Waals surface area contributed by atoms with Crippen molar-refractivity contribution in [2.24, 2.45) is 5.73 Å². The van der Waals surface area contributed by atoms with E-state index in [1.165, 1.54) is 45.8 Å². The van der Waals surface area contributed by atoms with Gasteiger partial charge in [-0.1, -0.05) is 12.1 Å². The second kappa shape index (κ2) is 9.86. The van der Waals surface area contributed by atoms with Crippen LogP contribution in [0.2, 0.25) is 0 Å². The normalized spacial score (nSPS) is 22.1. The van der Waals surface area contributed by atoms with Crippen LogP contribution in [0, 0.1) is 0 Å². The molecule has 0 radical (unpaired) electrons. The number of thioether (sulfide) groups is 1. The molecule has 0 bridgehead atoms. The number of amides is 2. The summed E-state index contributed by atoms with van der Waals surface area (Å²) in [6, 6.07) is 9.37. The van der Waals surface area contributed by atoms with Crippen molar-refractivity contribution in [3.63, 3.8) is 0 Å². The average Bonchev–Trinajstić information content (AvgIpc) is 3.16. The first-order chi connectivity index (χ1) is 18.5. The van der Waals surface area contributed by atoms with Gasteiger partial charge in [0.1, 0.15) is 29.2 Å². The maximum absolute atomic E-state index is 13.8. The average molecular weight is 550 g/mol. The van der Waals surface area contributed by atoms with Crippen LogP contribution in [0.4, 0.5) is 0 Å². The molecule has 202 valence electrons. The number of carboxylic acids is 1. The number of phenolic OH excluding ortho intramolecular Hbond substituents is 1. The molecule has 1 unspecified atom stereocenters. The van der Waals surface area contributed by atoms with Crippen LogP contribution in [-0.4, -0.2) is 70.0 Å². The predicted molar refractivity (Wildman–Crippen MR) is 143 cm³/mol. The Morgan fingerprint density at radius 1 is 1.13 bits per heavy atom. The number of carboxylic acid groups (broad SMARTS) is 1. The molecule has 0 saturated carbocycles. The summed E-state index contributed by atoms with van der Waals surface area (Å²) >= 11 is 1.30. The SMILES string of the molecule is CC1(C)S[C@@H]2[C@H](N(Cc3ccc(-c4ccncc4)[nH]c3=O)C(=O)C(N)c3ccc(O)cc3)C(=O)N2[C@H]1C(=O)O. The van der Waals surface area contributed by atoms with Crippen molar-refractivity contribution in [2.45, 2.75) is 48.6 Å². The first kappa shape index (κ1) is 26.4. The molecule has 4 heterocycles. The standard InChI is InChI=1S/C27H27N5O6S/c1-27(2)21(26(37)38)32-24(36)20(25(32)39-27)31(23(35)19(28)15-3-6-17(33)7-4-15)13-16-5-8-18(30-22(16)34)14-9-11-29-12-10-14/h3-12,19-21,25,33H,13,28H2,1-2H3,(H,30,34)(H,37,38)/t19?,20-,21+,25-/m1/s1. The fourth-order valence-corrected chi connectivity index (χ4v) is 6.80. The van der Waals surface area contributed by atoms with Gasteiger partial charge in [-0.25, -0.2) is 4.79 Å². The molecule has 4 atom stereocenters. The van der Waals surface area contributed by atoms with Crippen LogP contribution in [0.3, 0.4) is 0 Å². The zero-order valence-corrected chi connectivity index (χ0v) is 22.0. The van der Waals surface area contributed by atoms with Crippen molar-refractivity contribution in [1.29, 1.82) is 0 Å². The van der Waals surface area contributed by atoms with Gasteiger partial charge in [0.05, 0.1) is 6.54 Å². The maximum atomic E-state index is 13.8. The summed E-state index contributed by atoms with van der Waals surface area (Å²) in [4.78, 5) is 61.6. The predicted octanol–water partition coefficient (Wildman–Crippen LogP) is 1.69. The molecule has 5 rings (SSSR count). The van der Waals surface area contributed by atoms with Crippen LogP contribution >= 0.6 is 11.8 Å². The molecular formula is C27H27N5O6S. The topological polar surface area (TPSA) is 170 Å². The van der Waals surface area contributed by atoms with Crippen molar-refractivity contribution in [3.05, 3.63) is 82.4 Å². The molecule has 2 fully saturated rings. The number of H-pyrrole nitrogens is 1. The molecule has 1 aromatic carbocycles. The highest BCUT2D eigenvalue weighted by Crippen LogP contribution is 2.52. The Morgan fingerprint density at radius 2 is 1.79 bits per heavy atom. The van der Waals surface area contributed by atoms with Crippen LogP contribution in [0.5, 0.6) is 5.75 Å². The van der Waals surface area contributed by atoms with E-state index in [4.69, 9.17) is 5.73 Å². The molecule has 12 heteroatoms. The van der Waals surface area contributed by atoms with Gasteiger partial charge in [-0.2, -0.15) is 0 Å². The lowest BCUT2D eigenvalue weighted by Gasteiger charge is -2.48. The number of carbonyl (C=O) groups is 3. The molecule has 3 aromatic rings. The van der Waals surface area contributed by atoms with Crippen LogP contribution < -0.4 is 11.3 Å². The number of rotatable bonds is 7. The number of aromatic hydroxyl groups is 1. The van der Waals surface area contributed by atoms with Gasteiger partial charge in [0, 0.05) is 34.0 Å². The minimum atomic E-state index is -1.18. The molecule has 2 saturated heterocycles. The van der Waals surface area contributed by atoms with Gasteiger partial charge in [-0.3, -0.25) is 19.4 Å². The first-order valence-electron chi connectivity index (χ1n) is 12.2. The van der Waals surface area contributed by atoms with E-state index >= 15 is 0 Å². The van der Waals surface area contributed by atoms with E-state index < -0.39 is 51.6 Å². The summed E-state index contributed by atoms with van der Waals surface area (Å²) in [6.45, 7) is 3.28. The Balaban J connectivity index is 1.49. The van der Waals surface area contributed by atoms with Gasteiger partial charge >= 0.3 is 5.97 Å². The minimum absolute atomic E-state index is 0.00480. The number of pyridine rings is 2. The smallest absolute Gasteiger partial charge is 0.327 e. The number of carbonyl (C=O) groups excluding carboxylic acids is 2. The third-order valence-corrected chi connectivity index (χ3v) is 8.66. The Kier molecular flexibility index (Phi) is 6.69. The van der Waals surface area contributed by atoms with Crippen LogP contribution in [0.1, 0.15) is 31.0 Å². The molecule has 39 heavy (non-hydrogen) atoms. The lowest BCUT2D eigenvalue weighted by atomic mass is 9.94. The monoisotopic (exact) mass is 549 g/mol. The van der Waals surface area contributed by atoms with Crippen molar-refractivity contribution in [2.75, 3.05) is 0 Å². The van der Waals surface area contributed by atoms with Crippen molar-refractivity contribution >= 4 is 29.5 Å². The number of benzene rings is 1. The number of nitrogens with two attached hydrogens (primary N) is 1. The highest BCUT2D eigenvalue weighted by atomic mass is 32.2. The van der Waals surface area contributed by atoms with Gasteiger partial charge in [0.15, 0.2) is 0 Å². The first-order valence-corrected chi connectivity index (χ1v) is 13.1. The zero-order valence-electron chi connectivity index (χ0n) is 21.1. The third kappa shape index (κ3) is 4.66. The summed E-state index contributed by atoms with van der Waals surface area (Å²) in [5.41, 5.74) is 7.85. The summed E-state index contributed by atoms with van der Waals surface area (Å²) in [5, 5.41) is 18.8. The van der Waals surface area contributed by atoms with Gasteiger partial charge in [-0.05, 0) is 55.8 Å².